The van der Waals surface area contributed by atoms with Gasteiger partial charge in [0, 0.05) is 6.54 Å². The van der Waals surface area contributed by atoms with Crippen molar-refractivity contribution in [2.45, 2.75) is 45.1 Å². The molecule has 1 saturated heterocycles. The molecule has 1 saturated carbocycles. The maximum absolute atomic E-state index is 12.6. The average molecular weight is 326 g/mol. The van der Waals surface area contributed by atoms with E-state index in [1.54, 1.807) is 4.90 Å². The maximum atomic E-state index is 12.6. The number of amides is 4. The monoisotopic (exact) mass is 326 g/mol. The van der Waals surface area contributed by atoms with E-state index in [2.05, 4.69) is 17.7 Å². The SMILES string of the molecule is CCN(CCO)CC(=O)NN1C(=O)NC2(CCC(C)CC2)C1=O. The number of urea groups is 1. The Morgan fingerprint density at radius 3 is 2.65 bits per heavy atom. The summed E-state index contributed by atoms with van der Waals surface area (Å²) in [5, 5.41) is 12.5. The van der Waals surface area contributed by atoms with Gasteiger partial charge in [-0.2, -0.15) is 5.01 Å². The molecule has 4 amide bonds. The van der Waals surface area contributed by atoms with Crippen LogP contribution in [0.4, 0.5) is 4.79 Å². The zero-order valence-corrected chi connectivity index (χ0v) is 13.8. The van der Waals surface area contributed by atoms with Gasteiger partial charge in [-0.25, -0.2) is 4.79 Å². The van der Waals surface area contributed by atoms with E-state index < -0.39 is 17.5 Å². The number of hydrogen-bond acceptors (Lipinski definition) is 5. The van der Waals surface area contributed by atoms with Crippen molar-refractivity contribution in [1.82, 2.24) is 20.7 Å². The van der Waals surface area contributed by atoms with Crippen molar-refractivity contribution in [3.05, 3.63) is 0 Å². The lowest BCUT2D eigenvalue weighted by atomic mass is 9.77. The Bertz CT molecular complexity index is 474. The van der Waals surface area contributed by atoms with Crippen LogP contribution in [-0.2, 0) is 9.59 Å². The summed E-state index contributed by atoms with van der Waals surface area (Å²) in [7, 11) is 0. The molecule has 8 heteroatoms. The van der Waals surface area contributed by atoms with Crippen molar-refractivity contribution < 1.29 is 19.5 Å². The summed E-state index contributed by atoms with van der Waals surface area (Å²) >= 11 is 0. The number of aliphatic hydroxyl groups excluding tert-OH is 1. The van der Waals surface area contributed by atoms with Crippen LogP contribution in [0.25, 0.3) is 0 Å². The Kier molecular flexibility index (Phi) is 5.59. The topological polar surface area (TPSA) is 102 Å². The van der Waals surface area contributed by atoms with Crippen LogP contribution in [0.5, 0.6) is 0 Å². The van der Waals surface area contributed by atoms with Gasteiger partial charge in [0.15, 0.2) is 0 Å². The van der Waals surface area contributed by atoms with Gasteiger partial charge in [-0.05, 0) is 38.1 Å². The van der Waals surface area contributed by atoms with Gasteiger partial charge in [0.2, 0.25) is 0 Å². The molecule has 0 bridgehead atoms. The van der Waals surface area contributed by atoms with Crippen LogP contribution in [0.15, 0.2) is 0 Å². The van der Waals surface area contributed by atoms with Crippen molar-refractivity contribution in [1.29, 1.82) is 0 Å². The number of carbonyl (C=O) groups is 3. The quantitative estimate of drug-likeness (QED) is 0.588. The third kappa shape index (κ3) is 3.81. The second-order valence-corrected chi connectivity index (χ2v) is 6.46. The summed E-state index contributed by atoms with van der Waals surface area (Å²) in [6.07, 6.45) is 2.98. The first-order valence-corrected chi connectivity index (χ1v) is 8.21. The van der Waals surface area contributed by atoms with Crippen LogP contribution in [0.1, 0.15) is 39.5 Å². The molecular weight excluding hydrogens is 300 g/mol. The Labute approximate surface area is 136 Å². The number of imide groups is 1. The van der Waals surface area contributed by atoms with E-state index >= 15 is 0 Å². The van der Waals surface area contributed by atoms with Gasteiger partial charge in [0.1, 0.15) is 5.54 Å². The lowest BCUT2D eigenvalue weighted by molar-refractivity contribution is -0.140. The molecule has 1 aliphatic heterocycles. The molecule has 0 aromatic rings. The normalized spacial score (nSPS) is 27.7. The van der Waals surface area contributed by atoms with Crippen LogP contribution in [-0.4, -0.2) is 64.6 Å². The third-order valence-corrected chi connectivity index (χ3v) is 4.76. The van der Waals surface area contributed by atoms with Gasteiger partial charge in [-0.1, -0.05) is 13.8 Å². The van der Waals surface area contributed by atoms with Crippen LogP contribution < -0.4 is 10.7 Å². The van der Waals surface area contributed by atoms with Crippen molar-refractivity contribution in [3.63, 3.8) is 0 Å². The lowest BCUT2D eigenvalue weighted by Gasteiger charge is -2.33. The fourth-order valence-electron chi connectivity index (χ4n) is 3.17. The van der Waals surface area contributed by atoms with E-state index in [9.17, 15) is 14.4 Å². The van der Waals surface area contributed by atoms with E-state index in [1.807, 2.05) is 6.92 Å². The highest BCUT2D eigenvalue weighted by atomic mass is 16.3. The number of rotatable bonds is 6. The maximum Gasteiger partial charge on any atom is 0.344 e. The summed E-state index contributed by atoms with van der Waals surface area (Å²) < 4.78 is 0. The largest absolute Gasteiger partial charge is 0.395 e. The first-order chi connectivity index (χ1) is 10.9. The number of nitrogens with zero attached hydrogens (tertiary/aromatic N) is 2. The molecule has 0 radical (unpaired) electrons. The highest BCUT2D eigenvalue weighted by Crippen LogP contribution is 2.35. The number of aliphatic hydroxyl groups is 1. The molecule has 130 valence electrons. The van der Waals surface area contributed by atoms with Gasteiger partial charge in [0.25, 0.3) is 11.8 Å². The molecular formula is C15H26N4O4. The van der Waals surface area contributed by atoms with E-state index in [0.717, 1.165) is 17.9 Å². The highest BCUT2D eigenvalue weighted by molar-refractivity contribution is 6.08. The predicted octanol–water partition coefficient (Wildman–Crippen LogP) is -0.167. The van der Waals surface area contributed by atoms with E-state index in [-0.39, 0.29) is 19.1 Å². The van der Waals surface area contributed by atoms with Crippen molar-refractivity contribution in [3.8, 4) is 0 Å². The Morgan fingerprint density at radius 2 is 2.09 bits per heavy atom. The molecule has 1 aliphatic carbocycles. The summed E-state index contributed by atoms with van der Waals surface area (Å²) in [4.78, 5) is 38.4. The van der Waals surface area contributed by atoms with E-state index in [0.29, 0.717) is 31.8 Å². The van der Waals surface area contributed by atoms with Gasteiger partial charge in [0.05, 0.1) is 13.2 Å². The first kappa shape index (κ1) is 17.7. The predicted molar refractivity (Wildman–Crippen MR) is 83.1 cm³/mol. The fraction of sp³-hybridized carbons (Fsp3) is 0.800. The second kappa shape index (κ2) is 7.27. The average Bonchev–Trinajstić information content (AvgIpc) is 2.74. The van der Waals surface area contributed by atoms with Crippen LogP contribution in [0.2, 0.25) is 0 Å². The molecule has 0 aromatic carbocycles. The third-order valence-electron chi connectivity index (χ3n) is 4.76. The Morgan fingerprint density at radius 1 is 1.43 bits per heavy atom. The van der Waals surface area contributed by atoms with Crippen LogP contribution >= 0.6 is 0 Å². The molecule has 0 aromatic heterocycles. The minimum atomic E-state index is -0.855. The molecule has 1 spiro atoms. The van der Waals surface area contributed by atoms with Gasteiger partial charge >= 0.3 is 6.03 Å². The zero-order valence-electron chi connectivity index (χ0n) is 13.8. The number of likely N-dealkylation sites (N-methyl/N-ethyl adjacent to an activating group) is 1. The number of carbonyl (C=O) groups excluding carboxylic acids is 3. The summed E-state index contributed by atoms with van der Waals surface area (Å²) in [6.45, 7) is 4.94. The van der Waals surface area contributed by atoms with E-state index in [1.165, 1.54) is 0 Å². The summed E-state index contributed by atoms with van der Waals surface area (Å²) in [5.74, 6) is -0.261. The van der Waals surface area contributed by atoms with Crippen molar-refractivity contribution in [2.24, 2.45) is 5.92 Å². The molecule has 23 heavy (non-hydrogen) atoms. The lowest BCUT2D eigenvalue weighted by Crippen LogP contribution is -2.53. The second-order valence-electron chi connectivity index (χ2n) is 6.46. The van der Waals surface area contributed by atoms with Crippen LogP contribution in [0, 0.1) is 5.92 Å². The van der Waals surface area contributed by atoms with Gasteiger partial charge < -0.3 is 10.4 Å². The summed E-state index contributed by atoms with van der Waals surface area (Å²) in [6, 6.07) is -0.567. The van der Waals surface area contributed by atoms with Gasteiger partial charge in [-0.3, -0.25) is 19.9 Å². The number of hydrazine groups is 1. The molecule has 0 atom stereocenters. The minimum Gasteiger partial charge on any atom is -0.395 e. The van der Waals surface area contributed by atoms with Crippen molar-refractivity contribution >= 4 is 17.8 Å². The van der Waals surface area contributed by atoms with Gasteiger partial charge in [-0.15, -0.1) is 0 Å². The molecule has 2 aliphatic rings. The Hall–Kier alpha value is -1.67. The first-order valence-electron chi connectivity index (χ1n) is 8.21. The highest BCUT2D eigenvalue weighted by Gasteiger charge is 2.52. The van der Waals surface area contributed by atoms with Crippen LogP contribution in [0.3, 0.4) is 0 Å². The van der Waals surface area contributed by atoms with Crippen molar-refractivity contribution in [2.75, 3.05) is 26.2 Å². The molecule has 3 N–H and O–H groups in total. The fourth-order valence-corrected chi connectivity index (χ4v) is 3.17. The zero-order chi connectivity index (χ0) is 17.0. The molecule has 1 heterocycles. The minimum absolute atomic E-state index is 0.0259. The molecule has 8 nitrogen and oxygen atoms in total. The molecule has 2 rings (SSSR count). The molecule has 0 unspecified atom stereocenters. The molecule has 2 fully saturated rings. The standard InChI is InChI=1S/C15H26N4O4/c1-3-18(8-9-20)10-12(21)17-19-13(22)15(16-14(19)23)6-4-11(2)5-7-15/h11,20H,3-10H2,1-2H3,(H,16,23)(H,17,21). The number of nitrogens with one attached hydrogen (secondary N) is 2. The van der Waals surface area contributed by atoms with E-state index in [4.69, 9.17) is 5.11 Å². The summed E-state index contributed by atoms with van der Waals surface area (Å²) in [5.41, 5.74) is 1.54. The number of hydrogen-bond donors (Lipinski definition) is 3. The smallest absolute Gasteiger partial charge is 0.344 e. The Balaban J connectivity index is 1.96.